The molecule has 0 N–H and O–H groups in total. The fourth-order valence-electron chi connectivity index (χ4n) is 0.244. The fraction of sp³-hybridized carbons (Fsp3) is 0.750. The largest absolute Gasteiger partial charge is 0.466 e. The number of methoxy groups -OCH3 is 1. The molecule has 0 aliphatic rings. The molecule has 1 atom stereocenters. The summed E-state index contributed by atoms with van der Waals surface area (Å²) in [5.41, 5.74) is 0. The van der Waals surface area contributed by atoms with Gasteiger partial charge in [-0.05, 0) is 27.5 Å². The number of rotatable bonds is 2. The normalized spacial score (nSPS) is 17.3. The van der Waals surface area contributed by atoms with Crippen LogP contribution in [0.1, 0.15) is 0 Å². The van der Waals surface area contributed by atoms with Gasteiger partial charge in [0, 0.05) is 0 Å². The Morgan fingerprint density at radius 1 is 1.55 bits per heavy atom. The molecule has 2 nitrogen and oxygen atoms in total. The monoisotopic (exact) mass is 254 g/mol. The maximum absolute atomic E-state index is 12.6. The molecular weight excluding hydrogens is 252 g/mol. The summed E-state index contributed by atoms with van der Waals surface area (Å²) in [5.74, 6) is -1.78. The molecular formula is C4H3BrClF3O2. The highest BCUT2D eigenvalue weighted by Gasteiger charge is 2.59. The van der Waals surface area contributed by atoms with E-state index in [9.17, 15) is 18.0 Å². The van der Waals surface area contributed by atoms with Crippen LogP contribution in [0.4, 0.5) is 13.2 Å². The van der Waals surface area contributed by atoms with Crippen LogP contribution < -0.4 is 0 Å². The van der Waals surface area contributed by atoms with Gasteiger partial charge < -0.3 is 4.74 Å². The number of carbonyl (C=O) groups excluding carboxylic acids is 1. The number of hydrogen-bond donors (Lipinski definition) is 0. The molecule has 0 saturated heterocycles. The maximum atomic E-state index is 12.6. The van der Waals surface area contributed by atoms with E-state index in [4.69, 9.17) is 0 Å². The van der Waals surface area contributed by atoms with Crippen molar-refractivity contribution in [1.29, 1.82) is 0 Å². The number of ether oxygens (including phenoxy) is 1. The van der Waals surface area contributed by atoms with Gasteiger partial charge in [0.25, 0.3) is 0 Å². The summed E-state index contributed by atoms with van der Waals surface area (Å²) >= 11 is 6.05. The Morgan fingerprint density at radius 3 is 2.00 bits per heavy atom. The highest BCUT2D eigenvalue weighted by molar-refractivity contribution is 9.10. The van der Waals surface area contributed by atoms with Crippen LogP contribution in [0.25, 0.3) is 0 Å². The summed E-state index contributed by atoms with van der Waals surface area (Å²) in [5, 5.41) is -4.33. The molecule has 0 aromatic heterocycles. The Balaban J connectivity index is 4.59. The molecule has 0 saturated carbocycles. The highest BCUT2D eigenvalue weighted by atomic mass is 79.9. The van der Waals surface area contributed by atoms with E-state index >= 15 is 0 Å². The Labute approximate surface area is 73.8 Å². The second-order valence-electron chi connectivity index (χ2n) is 1.56. The summed E-state index contributed by atoms with van der Waals surface area (Å²) in [6.07, 6.45) is 0. The van der Waals surface area contributed by atoms with E-state index in [0.717, 1.165) is 7.11 Å². The lowest BCUT2D eigenvalue weighted by molar-refractivity contribution is -0.158. The molecule has 7 heteroatoms. The van der Waals surface area contributed by atoms with Gasteiger partial charge in [0.2, 0.25) is 0 Å². The smallest absolute Gasteiger partial charge is 0.376 e. The third-order valence-electron chi connectivity index (χ3n) is 0.798. The highest BCUT2D eigenvalue weighted by Crippen LogP contribution is 2.41. The van der Waals surface area contributed by atoms with Gasteiger partial charge in [0.15, 0.2) is 0 Å². The third kappa shape index (κ3) is 2.23. The summed E-state index contributed by atoms with van der Waals surface area (Å²) in [7, 11) is 0.764. The van der Waals surface area contributed by atoms with Crippen molar-refractivity contribution >= 4 is 33.5 Å². The predicted molar refractivity (Wildman–Crippen MR) is 35.6 cm³/mol. The molecule has 0 radical (unpaired) electrons. The van der Waals surface area contributed by atoms with Gasteiger partial charge in [-0.1, -0.05) is 0 Å². The number of carbonyl (C=O) groups is 1. The van der Waals surface area contributed by atoms with Crippen LogP contribution in [-0.2, 0) is 9.53 Å². The van der Waals surface area contributed by atoms with E-state index < -0.39 is 15.9 Å². The van der Waals surface area contributed by atoms with Crippen molar-refractivity contribution in [3.63, 3.8) is 0 Å². The van der Waals surface area contributed by atoms with E-state index in [2.05, 4.69) is 16.3 Å². The Hall–Kier alpha value is 0.0300. The summed E-state index contributed by atoms with van der Waals surface area (Å²) in [6, 6.07) is 0. The minimum Gasteiger partial charge on any atom is -0.466 e. The quantitative estimate of drug-likeness (QED) is 0.557. The van der Waals surface area contributed by atoms with Crippen LogP contribution in [0.2, 0.25) is 0 Å². The molecule has 0 aliphatic heterocycles. The average Bonchev–Trinajstić information content (AvgIpc) is 1.83. The molecule has 66 valence electrons. The first-order chi connectivity index (χ1) is 4.73. The zero-order valence-corrected chi connectivity index (χ0v) is 7.55. The molecule has 0 amide bonds. The average molecular weight is 255 g/mol. The molecule has 0 aromatic rings. The van der Waals surface area contributed by atoms with Crippen LogP contribution in [0.3, 0.4) is 0 Å². The summed E-state index contributed by atoms with van der Waals surface area (Å²) < 4.78 is 36.6. The Bertz CT molecular complexity index is 167. The van der Waals surface area contributed by atoms with Crippen molar-refractivity contribution in [3.05, 3.63) is 0 Å². The van der Waals surface area contributed by atoms with Crippen molar-refractivity contribution in [2.45, 2.75) is 9.96 Å². The maximum Gasteiger partial charge on any atom is 0.376 e. The molecule has 0 aliphatic carbocycles. The molecule has 0 spiro atoms. The lowest BCUT2D eigenvalue weighted by Gasteiger charge is -2.19. The first-order valence-corrected chi connectivity index (χ1v) is 3.43. The molecule has 11 heavy (non-hydrogen) atoms. The van der Waals surface area contributed by atoms with Crippen LogP contribution in [0, 0.1) is 0 Å². The standard InChI is InChI=1S/C4H3BrClF3O2/c1-11-2(10)3(5,7)4(6,8)9/h1H3. The van der Waals surface area contributed by atoms with Crippen molar-refractivity contribution in [2.75, 3.05) is 7.11 Å². The van der Waals surface area contributed by atoms with Gasteiger partial charge in [-0.3, -0.25) is 0 Å². The number of hydrogen-bond acceptors (Lipinski definition) is 2. The third-order valence-corrected chi connectivity index (χ3v) is 2.11. The van der Waals surface area contributed by atoms with E-state index in [-0.39, 0.29) is 0 Å². The zero-order valence-electron chi connectivity index (χ0n) is 5.21. The van der Waals surface area contributed by atoms with Crippen LogP contribution in [0.15, 0.2) is 0 Å². The first kappa shape index (κ1) is 11.0. The number of alkyl halides is 5. The van der Waals surface area contributed by atoms with E-state index in [1.54, 1.807) is 15.9 Å². The van der Waals surface area contributed by atoms with E-state index in [0.29, 0.717) is 0 Å². The van der Waals surface area contributed by atoms with Crippen molar-refractivity contribution in [2.24, 2.45) is 0 Å². The van der Waals surface area contributed by atoms with E-state index in [1.807, 2.05) is 0 Å². The van der Waals surface area contributed by atoms with Gasteiger partial charge in [-0.15, -0.1) is 0 Å². The molecule has 0 aromatic carbocycles. The Kier molecular flexibility index (Phi) is 3.19. The fourth-order valence-corrected chi connectivity index (χ4v) is 0.483. The van der Waals surface area contributed by atoms with Crippen LogP contribution >= 0.6 is 27.5 Å². The van der Waals surface area contributed by atoms with Gasteiger partial charge in [0.1, 0.15) is 0 Å². The van der Waals surface area contributed by atoms with Crippen LogP contribution in [0.5, 0.6) is 0 Å². The number of halogens is 5. The lowest BCUT2D eigenvalue weighted by atomic mass is 10.4. The molecule has 1 unspecified atom stereocenters. The van der Waals surface area contributed by atoms with Crippen molar-refractivity contribution in [3.8, 4) is 0 Å². The molecule has 0 rings (SSSR count). The second-order valence-corrected chi connectivity index (χ2v) is 3.13. The Morgan fingerprint density at radius 2 is 1.91 bits per heavy atom. The van der Waals surface area contributed by atoms with Gasteiger partial charge in [0.05, 0.1) is 7.11 Å². The second kappa shape index (κ2) is 3.18. The zero-order chi connectivity index (χ0) is 9.28. The molecule has 0 bridgehead atoms. The minimum atomic E-state index is -4.33. The number of esters is 1. The molecule has 0 fully saturated rings. The SMILES string of the molecule is COC(=O)C(F)(Br)C(F)(F)Cl. The summed E-state index contributed by atoms with van der Waals surface area (Å²) in [6.45, 7) is 0. The predicted octanol–water partition coefficient (Wildman–Crippen LogP) is 2.05. The molecule has 0 heterocycles. The summed E-state index contributed by atoms with van der Waals surface area (Å²) in [4.78, 5) is 10.3. The van der Waals surface area contributed by atoms with Crippen molar-refractivity contribution in [1.82, 2.24) is 0 Å². The topological polar surface area (TPSA) is 26.3 Å². The first-order valence-electron chi connectivity index (χ1n) is 2.26. The van der Waals surface area contributed by atoms with Gasteiger partial charge >= 0.3 is 15.9 Å². The van der Waals surface area contributed by atoms with Gasteiger partial charge in [-0.25, -0.2) is 9.18 Å². The van der Waals surface area contributed by atoms with Gasteiger partial charge in [-0.2, -0.15) is 8.78 Å². The lowest BCUT2D eigenvalue weighted by Crippen LogP contribution is -2.42. The van der Waals surface area contributed by atoms with E-state index in [1.165, 1.54) is 0 Å². The van der Waals surface area contributed by atoms with Crippen LogP contribution in [-0.4, -0.2) is 23.0 Å². The van der Waals surface area contributed by atoms with Crippen molar-refractivity contribution < 1.29 is 22.7 Å². The minimum absolute atomic E-state index is 0.764.